The van der Waals surface area contributed by atoms with Gasteiger partial charge in [0.25, 0.3) is 0 Å². The first-order chi connectivity index (χ1) is 4.64. The zero-order chi connectivity index (χ0) is 7.61. The Balaban J connectivity index is 2.29. The van der Waals surface area contributed by atoms with Gasteiger partial charge in [-0.25, -0.2) is 8.78 Å². The van der Waals surface area contributed by atoms with Crippen LogP contribution < -0.4 is 0 Å². The Labute approximate surface area is 60.6 Å². The highest BCUT2D eigenvalue weighted by molar-refractivity contribution is 4.80. The number of alkyl halides is 2. The molecule has 1 atom stereocenters. The lowest BCUT2D eigenvalue weighted by Crippen LogP contribution is -2.09. The minimum absolute atomic E-state index is 0.123. The van der Waals surface area contributed by atoms with Crippen LogP contribution in [0.1, 0.15) is 39.0 Å². The van der Waals surface area contributed by atoms with E-state index in [4.69, 9.17) is 0 Å². The van der Waals surface area contributed by atoms with Crippen molar-refractivity contribution < 1.29 is 8.78 Å². The lowest BCUT2D eigenvalue weighted by atomic mass is 10.0. The van der Waals surface area contributed by atoms with Gasteiger partial charge in [-0.1, -0.05) is 19.8 Å². The third-order valence-electron chi connectivity index (χ3n) is 2.20. The zero-order valence-electron chi connectivity index (χ0n) is 6.37. The standard InChI is InChI=1S/C8H14F2/c1-2-3-7-4-5-8(9,10)6-7/h7H,2-6H2,1H3. The lowest BCUT2D eigenvalue weighted by molar-refractivity contribution is 0.00470. The van der Waals surface area contributed by atoms with Crippen molar-refractivity contribution in [3.8, 4) is 0 Å². The van der Waals surface area contributed by atoms with Crippen molar-refractivity contribution in [2.75, 3.05) is 0 Å². The largest absolute Gasteiger partial charge is 0.248 e. The Kier molecular flexibility index (Phi) is 2.27. The molecule has 0 heterocycles. The molecule has 60 valence electrons. The van der Waals surface area contributed by atoms with E-state index in [0.29, 0.717) is 5.92 Å². The van der Waals surface area contributed by atoms with Gasteiger partial charge in [-0.2, -0.15) is 0 Å². The van der Waals surface area contributed by atoms with Crippen LogP contribution in [0.15, 0.2) is 0 Å². The lowest BCUT2D eigenvalue weighted by Gasteiger charge is -2.08. The topological polar surface area (TPSA) is 0 Å². The molecule has 0 spiro atoms. The van der Waals surface area contributed by atoms with E-state index in [0.717, 1.165) is 19.3 Å². The molecule has 0 N–H and O–H groups in total. The summed E-state index contributed by atoms with van der Waals surface area (Å²) in [5.41, 5.74) is 0. The summed E-state index contributed by atoms with van der Waals surface area (Å²) >= 11 is 0. The second-order valence-electron chi connectivity index (χ2n) is 3.25. The summed E-state index contributed by atoms with van der Waals surface area (Å²) < 4.78 is 25.0. The molecule has 1 fully saturated rings. The molecule has 0 amide bonds. The average Bonchev–Trinajstić information content (AvgIpc) is 2.12. The fourth-order valence-corrected chi connectivity index (χ4v) is 1.70. The van der Waals surface area contributed by atoms with Crippen LogP contribution in [0, 0.1) is 5.92 Å². The summed E-state index contributed by atoms with van der Waals surface area (Å²) in [4.78, 5) is 0. The Bertz CT molecular complexity index is 110. The molecule has 10 heavy (non-hydrogen) atoms. The van der Waals surface area contributed by atoms with Gasteiger partial charge in [-0.3, -0.25) is 0 Å². The van der Waals surface area contributed by atoms with E-state index in [9.17, 15) is 8.78 Å². The summed E-state index contributed by atoms with van der Waals surface area (Å²) in [5, 5.41) is 0. The maximum Gasteiger partial charge on any atom is 0.248 e. The monoisotopic (exact) mass is 148 g/mol. The normalized spacial score (nSPS) is 30.9. The fourth-order valence-electron chi connectivity index (χ4n) is 1.70. The third-order valence-corrected chi connectivity index (χ3v) is 2.20. The Morgan fingerprint density at radius 2 is 2.20 bits per heavy atom. The van der Waals surface area contributed by atoms with Crippen molar-refractivity contribution in [2.45, 2.75) is 45.0 Å². The molecule has 0 nitrogen and oxygen atoms in total. The van der Waals surface area contributed by atoms with Gasteiger partial charge in [0.05, 0.1) is 0 Å². The van der Waals surface area contributed by atoms with Gasteiger partial charge >= 0.3 is 0 Å². The molecule has 1 rings (SSSR count). The van der Waals surface area contributed by atoms with Crippen molar-refractivity contribution in [3.05, 3.63) is 0 Å². The first-order valence-corrected chi connectivity index (χ1v) is 4.02. The highest BCUT2D eigenvalue weighted by Crippen LogP contribution is 2.40. The molecule has 0 radical (unpaired) electrons. The summed E-state index contributed by atoms with van der Waals surface area (Å²) in [7, 11) is 0. The molecule has 0 aromatic carbocycles. The Morgan fingerprint density at radius 1 is 1.50 bits per heavy atom. The zero-order valence-corrected chi connectivity index (χ0v) is 6.37. The van der Waals surface area contributed by atoms with Gasteiger partial charge in [0.1, 0.15) is 0 Å². The second kappa shape index (κ2) is 2.85. The van der Waals surface area contributed by atoms with Crippen LogP contribution >= 0.6 is 0 Å². The highest BCUT2D eigenvalue weighted by Gasteiger charge is 2.38. The van der Waals surface area contributed by atoms with E-state index >= 15 is 0 Å². The van der Waals surface area contributed by atoms with Gasteiger partial charge in [0.2, 0.25) is 5.92 Å². The minimum Gasteiger partial charge on any atom is -0.207 e. The van der Waals surface area contributed by atoms with E-state index in [1.165, 1.54) is 0 Å². The number of halogens is 2. The first-order valence-electron chi connectivity index (χ1n) is 4.02. The van der Waals surface area contributed by atoms with E-state index in [1.54, 1.807) is 0 Å². The van der Waals surface area contributed by atoms with Gasteiger partial charge < -0.3 is 0 Å². The number of hydrogen-bond donors (Lipinski definition) is 0. The molecule has 2 heteroatoms. The third kappa shape index (κ3) is 1.93. The molecule has 0 aliphatic heterocycles. The van der Waals surface area contributed by atoms with E-state index in [2.05, 4.69) is 6.92 Å². The summed E-state index contributed by atoms with van der Waals surface area (Å²) in [6, 6.07) is 0. The molecule has 0 bridgehead atoms. The maximum absolute atomic E-state index is 12.5. The summed E-state index contributed by atoms with van der Waals surface area (Å²) in [6.07, 6.45) is 3.02. The van der Waals surface area contributed by atoms with Crippen LogP contribution in [0.25, 0.3) is 0 Å². The fraction of sp³-hybridized carbons (Fsp3) is 1.00. The molecule has 0 aromatic heterocycles. The Hall–Kier alpha value is -0.140. The quantitative estimate of drug-likeness (QED) is 0.564. The van der Waals surface area contributed by atoms with Crippen LogP contribution in [-0.4, -0.2) is 5.92 Å². The van der Waals surface area contributed by atoms with Gasteiger partial charge in [0, 0.05) is 12.8 Å². The molecule has 1 aliphatic carbocycles. The van der Waals surface area contributed by atoms with E-state index < -0.39 is 5.92 Å². The highest BCUT2D eigenvalue weighted by atomic mass is 19.3. The van der Waals surface area contributed by atoms with Crippen molar-refractivity contribution in [3.63, 3.8) is 0 Å². The molecular weight excluding hydrogens is 134 g/mol. The number of hydrogen-bond acceptors (Lipinski definition) is 0. The molecule has 1 aliphatic rings. The van der Waals surface area contributed by atoms with Gasteiger partial charge in [0.15, 0.2) is 0 Å². The Morgan fingerprint density at radius 3 is 2.60 bits per heavy atom. The van der Waals surface area contributed by atoms with E-state index in [-0.39, 0.29) is 12.8 Å². The van der Waals surface area contributed by atoms with Crippen LogP contribution in [0.2, 0.25) is 0 Å². The minimum atomic E-state index is -2.33. The van der Waals surface area contributed by atoms with Crippen molar-refractivity contribution in [1.82, 2.24) is 0 Å². The number of rotatable bonds is 2. The smallest absolute Gasteiger partial charge is 0.207 e. The van der Waals surface area contributed by atoms with Gasteiger partial charge in [-0.15, -0.1) is 0 Å². The van der Waals surface area contributed by atoms with Crippen molar-refractivity contribution >= 4 is 0 Å². The molecule has 1 saturated carbocycles. The molecule has 0 aromatic rings. The van der Waals surface area contributed by atoms with Crippen LogP contribution in [-0.2, 0) is 0 Å². The van der Waals surface area contributed by atoms with E-state index in [1.807, 2.05) is 0 Å². The predicted molar refractivity (Wildman–Crippen MR) is 37.2 cm³/mol. The van der Waals surface area contributed by atoms with Crippen LogP contribution in [0.5, 0.6) is 0 Å². The summed E-state index contributed by atoms with van der Waals surface area (Å²) in [6.45, 7) is 2.05. The SMILES string of the molecule is CCCC1CCC(F)(F)C1. The molecule has 0 saturated heterocycles. The van der Waals surface area contributed by atoms with Crippen LogP contribution in [0.4, 0.5) is 8.78 Å². The second-order valence-corrected chi connectivity index (χ2v) is 3.25. The summed E-state index contributed by atoms with van der Waals surface area (Å²) in [5.74, 6) is -2.03. The molecular formula is C8H14F2. The van der Waals surface area contributed by atoms with Crippen molar-refractivity contribution in [2.24, 2.45) is 5.92 Å². The predicted octanol–water partition coefficient (Wildman–Crippen LogP) is 3.22. The molecule has 1 unspecified atom stereocenters. The van der Waals surface area contributed by atoms with Gasteiger partial charge in [-0.05, 0) is 12.3 Å². The van der Waals surface area contributed by atoms with Crippen molar-refractivity contribution in [1.29, 1.82) is 0 Å². The maximum atomic E-state index is 12.5. The van der Waals surface area contributed by atoms with Crippen LogP contribution in [0.3, 0.4) is 0 Å². The first kappa shape index (κ1) is 7.96. The average molecular weight is 148 g/mol.